The zero-order valence-electron chi connectivity index (χ0n) is 26.3. The SMILES string of the molecule is CCCC(C)(C)CCCCCCCOC(=O)C1CCC(C(=O)OCCCCCCCC(C)(C)CCC)CC1. The van der Waals surface area contributed by atoms with Gasteiger partial charge in [0.2, 0.25) is 0 Å². The highest BCUT2D eigenvalue weighted by Gasteiger charge is 2.31. The smallest absolute Gasteiger partial charge is 0.308 e. The molecule has 0 saturated heterocycles. The van der Waals surface area contributed by atoms with Crippen molar-refractivity contribution in [3.05, 3.63) is 0 Å². The van der Waals surface area contributed by atoms with Crippen LogP contribution in [-0.2, 0) is 19.1 Å². The summed E-state index contributed by atoms with van der Waals surface area (Å²) in [6.07, 6.45) is 22.6. The van der Waals surface area contributed by atoms with Crippen molar-refractivity contribution in [3.8, 4) is 0 Å². The van der Waals surface area contributed by atoms with E-state index in [9.17, 15) is 9.59 Å². The number of hydrogen-bond acceptors (Lipinski definition) is 4. The Bertz CT molecular complexity index is 562. The third-order valence-corrected chi connectivity index (χ3v) is 8.73. The van der Waals surface area contributed by atoms with Crippen molar-refractivity contribution in [2.24, 2.45) is 22.7 Å². The average molecular weight is 537 g/mol. The Morgan fingerprint density at radius 2 is 0.842 bits per heavy atom. The first kappa shape index (κ1) is 35.0. The molecule has 1 aliphatic carbocycles. The van der Waals surface area contributed by atoms with Crippen LogP contribution in [0.2, 0.25) is 0 Å². The first-order valence-electron chi connectivity index (χ1n) is 16.4. The fourth-order valence-corrected chi connectivity index (χ4v) is 6.22. The van der Waals surface area contributed by atoms with E-state index in [0.29, 0.717) is 24.0 Å². The molecule has 0 spiro atoms. The van der Waals surface area contributed by atoms with Crippen LogP contribution in [0.4, 0.5) is 0 Å². The van der Waals surface area contributed by atoms with Crippen LogP contribution < -0.4 is 0 Å². The van der Waals surface area contributed by atoms with Gasteiger partial charge in [-0.25, -0.2) is 0 Å². The van der Waals surface area contributed by atoms with Crippen LogP contribution in [0.25, 0.3) is 0 Å². The third-order valence-electron chi connectivity index (χ3n) is 8.73. The Labute approximate surface area is 236 Å². The standard InChI is InChI=1S/C34H64O4/c1-7-23-33(3,4)25-15-11-9-13-17-27-37-31(35)29-19-21-30(22-20-29)32(36)38-28-18-14-10-12-16-26-34(5,6)24-8-2/h29-30H,7-28H2,1-6H3. The summed E-state index contributed by atoms with van der Waals surface area (Å²) >= 11 is 0. The quantitative estimate of drug-likeness (QED) is 0.102. The van der Waals surface area contributed by atoms with E-state index >= 15 is 0 Å². The van der Waals surface area contributed by atoms with Crippen LogP contribution in [-0.4, -0.2) is 25.2 Å². The van der Waals surface area contributed by atoms with Crippen LogP contribution in [0.1, 0.15) is 170 Å². The lowest BCUT2D eigenvalue weighted by molar-refractivity contribution is -0.155. The Kier molecular flexibility index (Phi) is 18.3. The van der Waals surface area contributed by atoms with E-state index < -0.39 is 0 Å². The number of carbonyl (C=O) groups is 2. The van der Waals surface area contributed by atoms with Crippen molar-refractivity contribution in [1.82, 2.24) is 0 Å². The molecule has 0 heterocycles. The van der Waals surface area contributed by atoms with Crippen molar-refractivity contribution < 1.29 is 19.1 Å². The van der Waals surface area contributed by atoms with Gasteiger partial charge >= 0.3 is 11.9 Å². The van der Waals surface area contributed by atoms with Gasteiger partial charge in [-0.3, -0.25) is 9.59 Å². The van der Waals surface area contributed by atoms with E-state index in [1.807, 2.05) is 0 Å². The summed E-state index contributed by atoms with van der Waals surface area (Å²) in [6, 6.07) is 0. The number of rotatable bonds is 22. The van der Waals surface area contributed by atoms with Gasteiger partial charge in [0, 0.05) is 0 Å². The van der Waals surface area contributed by atoms with Gasteiger partial charge in [-0.15, -0.1) is 0 Å². The normalized spacial score (nSPS) is 18.4. The first-order chi connectivity index (χ1) is 18.1. The molecule has 224 valence electrons. The van der Waals surface area contributed by atoms with Crippen LogP contribution in [0.15, 0.2) is 0 Å². The summed E-state index contributed by atoms with van der Waals surface area (Å²) in [6.45, 7) is 15.1. The molecular weight excluding hydrogens is 472 g/mol. The zero-order chi connectivity index (χ0) is 28.3. The Morgan fingerprint density at radius 3 is 1.18 bits per heavy atom. The summed E-state index contributed by atoms with van der Waals surface area (Å²) in [5.74, 6) is -0.197. The summed E-state index contributed by atoms with van der Waals surface area (Å²) in [5, 5.41) is 0. The highest BCUT2D eigenvalue weighted by atomic mass is 16.5. The lowest BCUT2D eigenvalue weighted by Gasteiger charge is -2.26. The van der Waals surface area contributed by atoms with Crippen LogP contribution >= 0.6 is 0 Å². The highest BCUT2D eigenvalue weighted by Crippen LogP contribution is 2.32. The van der Waals surface area contributed by atoms with Gasteiger partial charge in [0.25, 0.3) is 0 Å². The Hall–Kier alpha value is -1.06. The predicted molar refractivity (Wildman–Crippen MR) is 160 cm³/mol. The average Bonchev–Trinajstić information content (AvgIpc) is 2.86. The topological polar surface area (TPSA) is 52.6 Å². The second-order valence-electron chi connectivity index (χ2n) is 13.7. The van der Waals surface area contributed by atoms with Crippen LogP contribution in [0.3, 0.4) is 0 Å². The molecule has 0 aromatic rings. The van der Waals surface area contributed by atoms with Crippen molar-refractivity contribution in [1.29, 1.82) is 0 Å². The van der Waals surface area contributed by atoms with Crippen LogP contribution in [0, 0.1) is 22.7 Å². The fourth-order valence-electron chi connectivity index (χ4n) is 6.22. The van der Waals surface area contributed by atoms with E-state index in [4.69, 9.17) is 9.47 Å². The second kappa shape index (κ2) is 19.9. The number of unbranched alkanes of at least 4 members (excludes halogenated alkanes) is 8. The molecular formula is C34H64O4. The molecule has 1 rings (SSSR count). The van der Waals surface area contributed by atoms with E-state index in [2.05, 4.69) is 41.5 Å². The maximum atomic E-state index is 12.4. The maximum absolute atomic E-state index is 12.4. The zero-order valence-corrected chi connectivity index (χ0v) is 26.3. The molecule has 0 aromatic carbocycles. The minimum atomic E-state index is -0.0591. The maximum Gasteiger partial charge on any atom is 0.308 e. The number of hydrogen-bond donors (Lipinski definition) is 0. The van der Waals surface area contributed by atoms with Gasteiger partial charge in [-0.05, 0) is 75.0 Å². The largest absolute Gasteiger partial charge is 0.465 e. The van der Waals surface area contributed by atoms with Gasteiger partial charge in [0.05, 0.1) is 25.0 Å². The minimum Gasteiger partial charge on any atom is -0.465 e. The van der Waals surface area contributed by atoms with E-state index in [0.717, 1.165) is 51.4 Å². The number of carbonyl (C=O) groups excluding carboxylic acids is 2. The van der Waals surface area contributed by atoms with Gasteiger partial charge in [0.1, 0.15) is 0 Å². The second-order valence-corrected chi connectivity index (χ2v) is 13.7. The molecule has 1 saturated carbocycles. The van der Waals surface area contributed by atoms with Crippen molar-refractivity contribution in [2.45, 2.75) is 170 Å². The molecule has 0 bridgehead atoms. The van der Waals surface area contributed by atoms with Crippen molar-refractivity contribution >= 4 is 11.9 Å². The lowest BCUT2D eigenvalue weighted by Crippen LogP contribution is -2.28. The van der Waals surface area contributed by atoms with E-state index in [1.54, 1.807) is 0 Å². The molecule has 0 N–H and O–H groups in total. The predicted octanol–water partition coefficient (Wildman–Crippen LogP) is 10.2. The monoisotopic (exact) mass is 536 g/mol. The Balaban J connectivity index is 2.01. The first-order valence-corrected chi connectivity index (χ1v) is 16.4. The van der Waals surface area contributed by atoms with E-state index in [-0.39, 0.29) is 23.8 Å². The summed E-state index contributed by atoms with van der Waals surface area (Å²) in [5.41, 5.74) is 0.954. The molecule has 1 aliphatic rings. The molecule has 0 amide bonds. The van der Waals surface area contributed by atoms with E-state index in [1.165, 1.54) is 77.0 Å². The fraction of sp³-hybridized carbons (Fsp3) is 0.941. The minimum absolute atomic E-state index is 0.0397. The third kappa shape index (κ3) is 16.8. The number of ether oxygens (including phenoxy) is 2. The molecule has 1 fully saturated rings. The Morgan fingerprint density at radius 1 is 0.526 bits per heavy atom. The summed E-state index contributed by atoms with van der Waals surface area (Å²) in [7, 11) is 0. The molecule has 38 heavy (non-hydrogen) atoms. The molecule has 0 radical (unpaired) electrons. The molecule has 0 atom stereocenters. The highest BCUT2D eigenvalue weighted by molar-refractivity contribution is 5.75. The molecule has 4 nitrogen and oxygen atoms in total. The van der Waals surface area contributed by atoms with Gasteiger partial charge in [-0.1, -0.05) is 106 Å². The molecule has 4 heteroatoms. The van der Waals surface area contributed by atoms with Crippen molar-refractivity contribution in [2.75, 3.05) is 13.2 Å². The van der Waals surface area contributed by atoms with Gasteiger partial charge in [0.15, 0.2) is 0 Å². The van der Waals surface area contributed by atoms with Gasteiger partial charge in [-0.2, -0.15) is 0 Å². The molecule has 0 aromatic heterocycles. The molecule has 0 unspecified atom stereocenters. The summed E-state index contributed by atoms with van der Waals surface area (Å²) in [4.78, 5) is 24.9. The lowest BCUT2D eigenvalue weighted by atomic mass is 9.82. The van der Waals surface area contributed by atoms with Crippen molar-refractivity contribution in [3.63, 3.8) is 0 Å². The van der Waals surface area contributed by atoms with Gasteiger partial charge < -0.3 is 9.47 Å². The number of esters is 2. The summed E-state index contributed by atoms with van der Waals surface area (Å²) < 4.78 is 11.1. The van der Waals surface area contributed by atoms with Crippen LogP contribution in [0.5, 0.6) is 0 Å². The molecule has 0 aliphatic heterocycles.